The molecule has 0 bridgehead atoms. The number of benzene rings is 1. The normalized spacial score (nSPS) is 11.1. The maximum Gasteiger partial charge on any atom is 0.165 e. The Balaban J connectivity index is 2.43. The van der Waals surface area contributed by atoms with E-state index >= 15 is 0 Å². The molecule has 4 heteroatoms. The average Bonchev–Trinajstić information content (AvgIpc) is 2.69. The van der Waals surface area contributed by atoms with E-state index < -0.39 is 0 Å². The Bertz CT molecular complexity index is 578. The number of nitrogens with zero attached hydrogens (tertiary/aromatic N) is 1. The van der Waals surface area contributed by atoms with Crippen LogP contribution in [0.25, 0.3) is 11.3 Å². The van der Waals surface area contributed by atoms with Crippen LogP contribution in [0.1, 0.15) is 23.7 Å². The van der Waals surface area contributed by atoms with E-state index in [1.165, 1.54) is 18.1 Å². The molecule has 1 heterocycles. The van der Waals surface area contributed by atoms with Crippen LogP contribution in [-0.4, -0.2) is 12.1 Å². The molecule has 0 fully saturated rings. The summed E-state index contributed by atoms with van der Waals surface area (Å²) >= 11 is 1.69. The molecule has 1 aromatic heterocycles. The van der Waals surface area contributed by atoms with Crippen LogP contribution in [-0.2, 0) is 6.42 Å². The lowest BCUT2D eigenvalue weighted by atomic mass is 10.0. The van der Waals surface area contributed by atoms with Gasteiger partial charge in [0.25, 0.3) is 0 Å². The Morgan fingerprint density at radius 1 is 1.37 bits per heavy atom. The minimum Gasteiger partial charge on any atom is -0.494 e. The van der Waals surface area contributed by atoms with Crippen molar-refractivity contribution in [2.45, 2.75) is 27.2 Å². The molecule has 0 atom stereocenters. The Kier molecular flexibility index (Phi) is 4.20. The monoisotopic (exact) mass is 279 g/mol. The van der Waals surface area contributed by atoms with E-state index in [-0.39, 0.29) is 11.6 Å². The topological polar surface area (TPSA) is 22.1 Å². The molecule has 0 unspecified atom stereocenters. The highest BCUT2D eigenvalue weighted by Crippen LogP contribution is 2.32. The van der Waals surface area contributed by atoms with Crippen molar-refractivity contribution in [1.29, 1.82) is 0 Å². The zero-order valence-corrected chi connectivity index (χ0v) is 12.5. The van der Waals surface area contributed by atoms with Crippen molar-refractivity contribution in [2.24, 2.45) is 5.92 Å². The van der Waals surface area contributed by atoms with Gasteiger partial charge >= 0.3 is 0 Å². The molecule has 2 aromatic rings. The van der Waals surface area contributed by atoms with Crippen molar-refractivity contribution in [3.63, 3.8) is 0 Å². The second-order valence-electron chi connectivity index (χ2n) is 4.95. The quantitative estimate of drug-likeness (QED) is 0.824. The van der Waals surface area contributed by atoms with E-state index in [1.807, 2.05) is 13.0 Å². The van der Waals surface area contributed by atoms with Gasteiger partial charge in [-0.25, -0.2) is 9.37 Å². The lowest BCUT2D eigenvalue weighted by Crippen LogP contribution is -1.95. The van der Waals surface area contributed by atoms with Gasteiger partial charge in [-0.1, -0.05) is 13.8 Å². The third-order valence-electron chi connectivity index (χ3n) is 2.82. The smallest absolute Gasteiger partial charge is 0.165 e. The number of aryl methyl sites for hydroxylation is 1. The van der Waals surface area contributed by atoms with Gasteiger partial charge in [0.2, 0.25) is 0 Å². The number of thiazole rings is 1. The van der Waals surface area contributed by atoms with Crippen LogP contribution in [0.2, 0.25) is 0 Å². The highest BCUT2D eigenvalue weighted by atomic mass is 32.1. The predicted octanol–water partition coefficient (Wildman–Crippen LogP) is 4.46. The minimum absolute atomic E-state index is 0.265. The van der Waals surface area contributed by atoms with Crippen LogP contribution in [0.3, 0.4) is 0 Å². The first-order valence-electron chi connectivity index (χ1n) is 6.31. The first kappa shape index (κ1) is 14.0. The van der Waals surface area contributed by atoms with E-state index in [0.29, 0.717) is 5.92 Å². The zero-order chi connectivity index (χ0) is 14.0. The Morgan fingerprint density at radius 2 is 2.11 bits per heavy atom. The lowest BCUT2D eigenvalue weighted by Gasteiger charge is -2.07. The highest BCUT2D eigenvalue weighted by molar-refractivity contribution is 7.12. The molecule has 102 valence electrons. The van der Waals surface area contributed by atoms with Crippen LogP contribution >= 0.6 is 11.3 Å². The summed E-state index contributed by atoms with van der Waals surface area (Å²) < 4.78 is 18.7. The third kappa shape index (κ3) is 3.13. The summed E-state index contributed by atoms with van der Waals surface area (Å²) in [7, 11) is 1.47. The number of rotatable bonds is 4. The van der Waals surface area contributed by atoms with Crippen LogP contribution in [0.5, 0.6) is 5.75 Å². The SMILES string of the molecule is COc1ccc(-c2nc(C)sc2CC(C)C)cc1F. The Morgan fingerprint density at radius 3 is 2.68 bits per heavy atom. The van der Waals surface area contributed by atoms with E-state index in [9.17, 15) is 4.39 Å². The average molecular weight is 279 g/mol. The molecule has 0 spiro atoms. The molecule has 0 radical (unpaired) electrons. The van der Waals surface area contributed by atoms with Gasteiger partial charge in [0.15, 0.2) is 11.6 Å². The van der Waals surface area contributed by atoms with Crippen molar-refractivity contribution in [3.8, 4) is 17.0 Å². The van der Waals surface area contributed by atoms with Gasteiger partial charge < -0.3 is 4.74 Å². The Hall–Kier alpha value is -1.42. The number of methoxy groups -OCH3 is 1. The highest BCUT2D eigenvalue weighted by Gasteiger charge is 2.14. The fourth-order valence-corrected chi connectivity index (χ4v) is 3.19. The van der Waals surface area contributed by atoms with Crippen molar-refractivity contribution in [1.82, 2.24) is 4.98 Å². The molecule has 0 N–H and O–H groups in total. The summed E-state index contributed by atoms with van der Waals surface area (Å²) in [5.41, 5.74) is 1.72. The van der Waals surface area contributed by atoms with Crippen LogP contribution in [0, 0.1) is 18.7 Å². The van der Waals surface area contributed by atoms with Crippen molar-refractivity contribution in [2.75, 3.05) is 7.11 Å². The number of halogens is 1. The fourth-order valence-electron chi connectivity index (χ4n) is 2.02. The molecule has 2 nitrogen and oxygen atoms in total. The maximum absolute atomic E-state index is 13.8. The number of aromatic nitrogens is 1. The number of hydrogen-bond donors (Lipinski definition) is 0. The molecule has 0 saturated heterocycles. The van der Waals surface area contributed by atoms with Gasteiger partial charge in [-0.15, -0.1) is 11.3 Å². The molecule has 0 aliphatic rings. The van der Waals surface area contributed by atoms with E-state index in [2.05, 4.69) is 18.8 Å². The molecule has 0 saturated carbocycles. The molecule has 1 aromatic carbocycles. The second kappa shape index (κ2) is 5.70. The summed E-state index contributed by atoms with van der Waals surface area (Å²) in [6, 6.07) is 5.01. The minimum atomic E-state index is -0.346. The summed E-state index contributed by atoms with van der Waals surface area (Å²) in [4.78, 5) is 5.76. The number of ether oxygens (including phenoxy) is 1. The first-order chi connectivity index (χ1) is 9.01. The molecule has 0 aliphatic carbocycles. The molecular formula is C15H18FNOS. The van der Waals surface area contributed by atoms with Crippen LogP contribution < -0.4 is 4.74 Å². The number of hydrogen-bond acceptors (Lipinski definition) is 3. The molecule has 0 amide bonds. The van der Waals surface area contributed by atoms with Gasteiger partial charge in [0, 0.05) is 10.4 Å². The van der Waals surface area contributed by atoms with E-state index in [4.69, 9.17) is 4.74 Å². The summed E-state index contributed by atoms with van der Waals surface area (Å²) in [6.07, 6.45) is 0.967. The summed E-state index contributed by atoms with van der Waals surface area (Å²) in [6.45, 7) is 6.33. The lowest BCUT2D eigenvalue weighted by molar-refractivity contribution is 0.386. The summed E-state index contributed by atoms with van der Waals surface area (Å²) in [5.74, 6) is 0.476. The standard InChI is InChI=1S/C15H18FNOS/c1-9(2)7-14-15(17-10(3)19-14)11-5-6-13(18-4)12(16)8-11/h5-6,8-9H,7H2,1-4H3. The predicted molar refractivity (Wildman–Crippen MR) is 77.3 cm³/mol. The molecule has 0 aliphatic heterocycles. The molecule has 19 heavy (non-hydrogen) atoms. The first-order valence-corrected chi connectivity index (χ1v) is 7.13. The van der Waals surface area contributed by atoms with Gasteiger partial charge in [-0.2, -0.15) is 0 Å². The largest absolute Gasteiger partial charge is 0.494 e. The van der Waals surface area contributed by atoms with E-state index in [1.54, 1.807) is 17.4 Å². The third-order valence-corrected chi connectivity index (χ3v) is 3.82. The van der Waals surface area contributed by atoms with Gasteiger partial charge in [0.1, 0.15) is 0 Å². The van der Waals surface area contributed by atoms with Gasteiger partial charge in [0.05, 0.1) is 17.8 Å². The summed E-state index contributed by atoms with van der Waals surface area (Å²) in [5, 5.41) is 1.02. The van der Waals surface area contributed by atoms with Crippen molar-refractivity contribution >= 4 is 11.3 Å². The van der Waals surface area contributed by atoms with Gasteiger partial charge in [-0.05, 0) is 37.5 Å². The van der Waals surface area contributed by atoms with E-state index in [0.717, 1.165) is 22.7 Å². The van der Waals surface area contributed by atoms with Gasteiger partial charge in [-0.3, -0.25) is 0 Å². The fraction of sp³-hybridized carbons (Fsp3) is 0.400. The van der Waals surface area contributed by atoms with Crippen molar-refractivity contribution < 1.29 is 9.13 Å². The van der Waals surface area contributed by atoms with Crippen molar-refractivity contribution in [3.05, 3.63) is 33.9 Å². The molecule has 2 rings (SSSR count). The van der Waals surface area contributed by atoms with Crippen LogP contribution in [0.4, 0.5) is 4.39 Å². The second-order valence-corrected chi connectivity index (χ2v) is 6.24. The van der Waals surface area contributed by atoms with Crippen LogP contribution in [0.15, 0.2) is 18.2 Å². The Labute approximate surface area is 117 Å². The maximum atomic E-state index is 13.8. The zero-order valence-electron chi connectivity index (χ0n) is 11.7. The molecular weight excluding hydrogens is 261 g/mol.